The number of rotatable bonds is 6. The van der Waals surface area contributed by atoms with Gasteiger partial charge in [0, 0.05) is 38.8 Å². The second-order valence-corrected chi connectivity index (χ2v) is 10.6. The smallest absolute Gasteiger partial charge is 0.234 e. The van der Waals surface area contributed by atoms with Gasteiger partial charge in [-0.15, -0.1) is 0 Å². The van der Waals surface area contributed by atoms with E-state index in [0.717, 1.165) is 50.5 Å². The first-order valence-electron chi connectivity index (χ1n) is 11.9. The molecule has 6 rings (SSSR count). The first-order chi connectivity index (χ1) is 14.1. The van der Waals surface area contributed by atoms with Crippen LogP contribution in [0.1, 0.15) is 51.0 Å². The summed E-state index contributed by atoms with van der Waals surface area (Å²) in [7, 11) is 0. The quantitative estimate of drug-likeness (QED) is 0.800. The molecule has 0 spiro atoms. The van der Waals surface area contributed by atoms with Crippen molar-refractivity contribution in [2.24, 2.45) is 23.2 Å². The van der Waals surface area contributed by atoms with Crippen molar-refractivity contribution in [3.63, 3.8) is 0 Å². The Morgan fingerprint density at radius 2 is 1.52 bits per heavy atom. The fourth-order valence-electron chi connectivity index (χ4n) is 7.30. The third-order valence-corrected chi connectivity index (χ3v) is 8.46. The Bertz CT molecular complexity index is 675. The van der Waals surface area contributed by atoms with Crippen LogP contribution in [0.4, 0.5) is 0 Å². The molecule has 4 nitrogen and oxygen atoms in total. The van der Waals surface area contributed by atoms with Crippen molar-refractivity contribution < 1.29 is 4.79 Å². The van der Waals surface area contributed by atoms with Crippen molar-refractivity contribution in [3.8, 4) is 0 Å². The summed E-state index contributed by atoms with van der Waals surface area (Å²) in [4.78, 5) is 17.7. The summed E-state index contributed by atoms with van der Waals surface area (Å²) in [5.41, 5.74) is 1.78. The highest BCUT2D eigenvalue weighted by Crippen LogP contribution is 2.61. The summed E-state index contributed by atoms with van der Waals surface area (Å²) in [6.07, 6.45) is 8.48. The maximum absolute atomic E-state index is 12.8. The summed E-state index contributed by atoms with van der Waals surface area (Å²) in [5, 5.41) is 3.44. The van der Waals surface area contributed by atoms with E-state index in [0.29, 0.717) is 18.0 Å². The molecule has 5 fully saturated rings. The minimum Gasteiger partial charge on any atom is -0.352 e. The van der Waals surface area contributed by atoms with Gasteiger partial charge in [-0.3, -0.25) is 14.6 Å². The Morgan fingerprint density at radius 1 is 0.966 bits per heavy atom. The van der Waals surface area contributed by atoms with E-state index in [1.807, 2.05) is 0 Å². The molecule has 4 aliphatic carbocycles. The molecule has 4 heteroatoms. The molecule has 0 radical (unpaired) electrons. The predicted molar refractivity (Wildman–Crippen MR) is 116 cm³/mol. The molecule has 5 aliphatic rings. The van der Waals surface area contributed by atoms with E-state index in [4.69, 9.17) is 0 Å². The number of piperazine rings is 1. The van der Waals surface area contributed by atoms with Crippen LogP contribution < -0.4 is 5.32 Å². The molecule has 1 heterocycles. The lowest BCUT2D eigenvalue weighted by molar-refractivity contribution is -0.127. The van der Waals surface area contributed by atoms with E-state index in [1.165, 1.54) is 44.1 Å². The maximum atomic E-state index is 12.8. The van der Waals surface area contributed by atoms with Crippen LogP contribution in [0.2, 0.25) is 0 Å². The Hall–Kier alpha value is -1.39. The summed E-state index contributed by atoms with van der Waals surface area (Å²) in [6, 6.07) is 11.0. The first kappa shape index (κ1) is 19.6. The summed E-state index contributed by atoms with van der Waals surface area (Å²) >= 11 is 0. The van der Waals surface area contributed by atoms with E-state index >= 15 is 0 Å². The van der Waals surface area contributed by atoms with Crippen molar-refractivity contribution in [1.82, 2.24) is 15.1 Å². The van der Waals surface area contributed by atoms with Gasteiger partial charge < -0.3 is 5.32 Å². The average Bonchev–Trinajstić information content (AvgIpc) is 2.69. The number of hydrogen-bond acceptors (Lipinski definition) is 3. The zero-order chi connectivity index (χ0) is 19.8. The first-order valence-corrected chi connectivity index (χ1v) is 11.9. The molecule has 1 unspecified atom stereocenters. The van der Waals surface area contributed by atoms with Crippen LogP contribution in [-0.2, 0) is 11.3 Å². The number of amides is 1. The number of benzene rings is 1. The van der Waals surface area contributed by atoms with Gasteiger partial charge in [-0.1, -0.05) is 30.3 Å². The molecular weight excluding hydrogens is 358 g/mol. The third-order valence-electron chi connectivity index (χ3n) is 8.46. The summed E-state index contributed by atoms with van der Waals surface area (Å²) < 4.78 is 0. The fourth-order valence-corrected chi connectivity index (χ4v) is 7.30. The van der Waals surface area contributed by atoms with Crippen LogP contribution in [0.25, 0.3) is 0 Å². The van der Waals surface area contributed by atoms with Crippen LogP contribution in [0.15, 0.2) is 30.3 Å². The molecule has 1 saturated heterocycles. The summed E-state index contributed by atoms with van der Waals surface area (Å²) in [5.74, 6) is 3.07. The molecule has 4 saturated carbocycles. The molecule has 158 valence electrons. The minimum absolute atomic E-state index is 0.241. The standard InChI is InChI=1S/C25H37N3O/c1-19(25-14-21-11-22(15-25)13-23(12-21)16-25)26-24(29)18-28-9-7-27(8-10-28)17-20-5-3-2-4-6-20/h2-6,19,21-23H,7-18H2,1H3,(H,26,29). The molecule has 1 amide bonds. The van der Waals surface area contributed by atoms with Gasteiger partial charge in [-0.2, -0.15) is 0 Å². The van der Waals surface area contributed by atoms with Gasteiger partial charge in [-0.05, 0) is 74.2 Å². The third kappa shape index (κ3) is 4.25. The van der Waals surface area contributed by atoms with Gasteiger partial charge in [0.15, 0.2) is 0 Å². The van der Waals surface area contributed by atoms with Gasteiger partial charge in [0.2, 0.25) is 5.91 Å². The van der Waals surface area contributed by atoms with E-state index in [2.05, 4.69) is 52.4 Å². The molecule has 1 atom stereocenters. The Labute approximate surface area is 176 Å². The van der Waals surface area contributed by atoms with Crippen molar-refractivity contribution in [2.45, 2.75) is 58.0 Å². The van der Waals surface area contributed by atoms with E-state index in [1.54, 1.807) is 0 Å². The Kier molecular flexibility index (Phi) is 5.42. The van der Waals surface area contributed by atoms with Crippen LogP contribution in [0, 0.1) is 23.2 Å². The zero-order valence-corrected chi connectivity index (χ0v) is 18.0. The average molecular weight is 396 g/mol. The minimum atomic E-state index is 0.241. The highest BCUT2D eigenvalue weighted by Gasteiger charge is 2.53. The number of nitrogens with zero attached hydrogens (tertiary/aromatic N) is 2. The van der Waals surface area contributed by atoms with Crippen molar-refractivity contribution >= 4 is 5.91 Å². The van der Waals surface area contributed by atoms with Crippen LogP contribution in [-0.4, -0.2) is 54.5 Å². The topological polar surface area (TPSA) is 35.6 Å². The predicted octanol–water partition coefficient (Wildman–Crippen LogP) is 3.53. The Balaban J connectivity index is 1.09. The molecule has 1 aromatic rings. The van der Waals surface area contributed by atoms with Crippen LogP contribution >= 0.6 is 0 Å². The maximum Gasteiger partial charge on any atom is 0.234 e. The monoisotopic (exact) mass is 395 g/mol. The molecule has 1 N–H and O–H groups in total. The van der Waals surface area contributed by atoms with E-state index in [-0.39, 0.29) is 5.91 Å². The van der Waals surface area contributed by atoms with Gasteiger partial charge in [0.05, 0.1) is 6.54 Å². The molecule has 0 aromatic heterocycles. The van der Waals surface area contributed by atoms with Crippen molar-refractivity contribution in [2.75, 3.05) is 32.7 Å². The fraction of sp³-hybridized carbons (Fsp3) is 0.720. The number of nitrogens with one attached hydrogen (secondary N) is 1. The lowest BCUT2D eigenvalue weighted by atomic mass is 9.48. The molecule has 29 heavy (non-hydrogen) atoms. The van der Waals surface area contributed by atoms with Crippen LogP contribution in [0.5, 0.6) is 0 Å². The highest BCUT2D eigenvalue weighted by molar-refractivity contribution is 5.78. The SMILES string of the molecule is CC(NC(=O)CN1CCN(Cc2ccccc2)CC1)C12CC3CC(CC(C3)C1)C2. The van der Waals surface area contributed by atoms with E-state index < -0.39 is 0 Å². The van der Waals surface area contributed by atoms with Crippen molar-refractivity contribution in [3.05, 3.63) is 35.9 Å². The normalized spacial score (nSPS) is 35.6. The van der Waals surface area contributed by atoms with Crippen molar-refractivity contribution in [1.29, 1.82) is 0 Å². The molecule has 1 aliphatic heterocycles. The molecular formula is C25H37N3O. The van der Waals surface area contributed by atoms with E-state index in [9.17, 15) is 4.79 Å². The Morgan fingerprint density at radius 3 is 2.10 bits per heavy atom. The largest absolute Gasteiger partial charge is 0.352 e. The lowest BCUT2D eigenvalue weighted by Crippen LogP contribution is -2.57. The number of hydrogen-bond donors (Lipinski definition) is 1. The van der Waals surface area contributed by atoms with Gasteiger partial charge in [0.1, 0.15) is 0 Å². The molecule has 1 aromatic carbocycles. The van der Waals surface area contributed by atoms with Crippen LogP contribution in [0.3, 0.4) is 0 Å². The van der Waals surface area contributed by atoms with Gasteiger partial charge in [0.25, 0.3) is 0 Å². The van der Waals surface area contributed by atoms with Gasteiger partial charge in [-0.25, -0.2) is 0 Å². The molecule has 4 bridgehead atoms. The highest BCUT2D eigenvalue weighted by atomic mass is 16.2. The number of carbonyl (C=O) groups excluding carboxylic acids is 1. The number of carbonyl (C=O) groups is 1. The zero-order valence-electron chi connectivity index (χ0n) is 18.0. The van der Waals surface area contributed by atoms with Gasteiger partial charge >= 0.3 is 0 Å². The lowest BCUT2D eigenvalue weighted by Gasteiger charge is -2.59. The second-order valence-electron chi connectivity index (χ2n) is 10.6. The second kappa shape index (κ2) is 8.03. The summed E-state index contributed by atoms with van der Waals surface area (Å²) in [6.45, 7) is 7.96.